The van der Waals surface area contributed by atoms with Gasteiger partial charge in [0.25, 0.3) is 0 Å². The normalized spacial score (nSPS) is 10.9. The largest absolute Gasteiger partial charge is 0.323 e. The second-order valence-corrected chi connectivity index (χ2v) is 6.72. The van der Waals surface area contributed by atoms with E-state index in [0.717, 1.165) is 26.1 Å². The molecule has 3 aromatic rings. The SMILES string of the molecule is N#Cc1cccc2c1nc(CCCl)n2Cc1ccc(Cl)s1. The van der Waals surface area contributed by atoms with Crippen molar-refractivity contribution in [3.8, 4) is 6.07 Å². The minimum Gasteiger partial charge on any atom is -0.323 e. The van der Waals surface area contributed by atoms with Gasteiger partial charge in [-0.1, -0.05) is 17.7 Å². The smallest absolute Gasteiger partial charge is 0.111 e. The highest BCUT2D eigenvalue weighted by atomic mass is 35.5. The Bertz CT molecular complexity index is 829. The third kappa shape index (κ3) is 2.77. The van der Waals surface area contributed by atoms with Crippen LogP contribution in [0.5, 0.6) is 0 Å². The number of fused-ring (bicyclic) bond motifs is 1. The molecule has 0 atom stereocenters. The molecule has 0 fully saturated rings. The maximum absolute atomic E-state index is 9.22. The minimum absolute atomic E-state index is 0.496. The maximum Gasteiger partial charge on any atom is 0.111 e. The van der Waals surface area contributed by atoms with Gasteiger partial charge in [0.05, 0.1) is 22.0 Å². The average molecular weight is 336 g/mol. The fraction of sp³-hybridized carbons (Fsp3) is 0.200. The molecule has 0 aliphatic heterocycles. The van der Waals surface area contributed by atoms with Crippen molar-refractivity contribution in [2.75, 3.05) is 5.88 Å². The number of aromatic nitrogens is 2. The highest BCUT2D eigenvalue weighted by Gasteiger charge is 2.14. The highest BCUT2D eigenvalue weighted by molar-refractivity contribution is 7.16. The summed E-state index contributed by atoms with van der Waals surface area (Å²) in [5.41, 5.74) is 2.28. The first-order valence-corrected chi connectivity index (χ1v) is 8.14. The van der Waals surface area contributed by atoms with E-state index in [1.54, 1.807) is 17.4 Å². The van der Waals surface area contributed by atoms with Crippen molar-refractivity contribution in [2.45, 2.75) is 13.0 Å². The quantitative estimate of drug-likeness (QED) is 0.661. The molecule has 0 N–H and O–H groups in total. The molecule has 3 nitrogen and oxygen atoms in total. The topological polar surface area (TPSA) is 41.6 Å². The molecule has 0 saturated carbocycles. The molecule has 0 aliphatic rings. The molecule has 0 radical (unpaired) electrons. The number of rotatable bonds is 4. The Kier molecular flexibility index (Phi) is 4.16. The summed E-state index contributed by atoms with van der Waals surface area (Å²) < 4.78 is 2.88. The van der Waals surface area contributed by atoms with E-state index in [1.807, 2.05) is 24.3 Å². The number of aryl methyl sites for hydroxylation is 1. The van der Waals surface area contributed by atoms with Crippen LogP contribution in [0.2, 0.25) is 4.34 Å². The van der Waals surface area contributed by atoms with Crippen LogP contribution in [0.15, 0.2) is 30.3 Å². The van der Waals surface area contributed by atoms with Gasteiger partial charge in [0.15, 0.2) is 0 Å². The zero-order valence-electron chi connectivity index (χ0n) is 11.0. The number of benzene rings is 1. The van der Waals surface area contributed by atoms with Crippen LogP contribution in [-0.2, 0) is 13.0 Å². The lowest BCUT2D eigenvalue weighted by Crippen LogP contribution is -2.04. The summed E-state index contributed by atoms with van der Waals surface area (Å²) in [7, 11) is 0. The van der Waals surface area contributed by atoms with Gasteiger partial charge in [0.2, 0.25) is 0 Å². The van der Waals surface area contributed by atoms with E-state index < -0.39 is 0 Å². The Balaban J connectivity index is 2.14. The fourth-order valence-electron chi connectivity index (χ4n) is 2.33. The van der Waals surface area contributed by atoms with Crippen molar-refractivity contribution < 1.29 is 0 Å². The van der Waals surface area contributed by atoms with Gasteiger partial charge in [0, 0.05) is 17.2 Å². The number of hydrogen-bond donors (Lipinski definition) is 0. The van der Waals surface area contributed by atoms with Crippen LogP contribution in [0.25, 0.3) is 11.0 Å². The van der Waals surface area contributed by atoms with Crippen LogP contribution >= 0.6 is 34.5 Å². The molecule has 3 rings (SSSR count). The van der Waals surface area contributed by atoms with E-state index in [4.69, 9.17) is 23.2 Å². The van der Waals surface area contributed by atoms with Crippen LogP contribution in [0.3, 0.4) is 0 Å². The minimum atomic E-state index is 0.496. The standard InChI is InChI=1S/C15H11Cl2N3S/c16-7-6-14-19-15-10(8-18)2-1-3-12(15)20(14)9-11-4-5-13(17)21-11/h1-5H,6-7,9H2. The molecule has 0 saturated heterocycles. The van der Waals surface area contributed by atoms with Crippen LogP contribution in [0.4, 0.5) is 0 Å². The number of thiophene rings is 1. The van der Waals surface area contributed by atoms with Crippen molar-refractivity contribution >= 4 is 45.6 Å². The highest BCUT2D eigenvalue weighted by Crippen LogP contribution is 2.26. The lowest BCUT2D eigenvalue weighted by molar-refractivity contribution is 0.763. The van der Waals surface area contributed by atoms with Crippen LogP contribution in [0, 0.1) is 11.3 Å². The van der Waals surface area contributed by atoms with Crippen LogP contribution in [-0.4, -0.2) is 15.4 Å². The average Bonchev–Trinajstić information content (AvgIpc) is 3.04. The summed E-state index contributed by atoms with van der Waals surface area (Å²) >= 11 is 13.4. The first-order valence-electron chi connectivity index (χ1n) is 6.41. The third-order valence-electron chi connectivity index (χ3n) is 3.24. The van der Waals surface area contributed by atoms with Crippen LogP contribution < -0.4 is 0 Å². The summed E-state index contributed by atoms with van der Waals surface area (Å²) in [6.45, 7) is 0.689. The van der Waals surface area contributed by atoms with E-state index in [-0.39, 0.29) is 0 Å². The number of nitriles is 1. The summed E-state index contributed by atoms with van der Waals surface area (Å²) in [4.78, 5) is 5.75. The van der Waals surface area contributed by atoms with Crippen molar-refractivity contribution in [3.05, 3.63) is 50.9 Å². The van der Waals surface area contributed by atoms with E-state index in [0.29, 0.717) is 24.4 Å². The molecule has 21 heavy (non-hydrogen) atoms. The Morgan fingerprint density at radius 3 is 2.81 bits per heavy atom. The second kappa shape index (κ2) is 6.07. The summed E-state index contributed by atoms with van der Waals surface area (Å²) in [5.74, 6) is 1.39. The van der Waals surface area contributed by atoms with E-state index >= 15 is 0 Å². The molecule has 2 aromatic heterocycles. The van der Waals surface area contributed by atoms with Gasteiger partial charge in [-0.05, 0) is 24.3 Å². The van der Waals surface area contributed by atoms with Gasteiger partial charge < -0.3 is 4.57 Å². The Morgan fingerprint density at radius 1 is 1.29 bits per heavy atom. The van der Waals surface area contributed by atoms with Gasteiger partial charge in [0.1, 0.15) is 17.4 Å². The summed E-state index contributed by atoms with van der Waals surface area (Å²) in [5, 5.41) is 9.22. The molecule has 0 bridgehead atoms. The molecule has 106 valence electrons. The number of para-hydroxylation sites is 1. The van der Waals surface area contributed by atoms with E-state index in [9.17, 15) is 5.26 Å². The van der Waals surface area contributed by atoms with Gasteiger partial charge in [-0.25, -0.2) is 4.98 Å². The number of halogens is 2. The molecule has 0 unspecified atom stereocenters. The Morgan fingerprint density at radius 2 is 2.14 bits per heavy atom. The Hall–Kier alpha value is -1.54. The summed E-state index contributed by atoms with van der Waals surface area (Å²) in [6, 6.07) is 11.7. The third-order valence-corrected chi connectivity index (χ3v) is 4.64. The van der Waals surface area contributed by atoms with Gasteiger partial charge in [-0.2, -0.15) is 5.26 Å². The summed E-state index contributed by atoms with van der Waals surface area (Å²) in [6.07, 6.45) is 0.667. The number of nitrogens with zero attached hydrogens (tertiary/aromatic N) is 3. The molecule has 6 heteroatoms. The number of imidazole rings is 1. The monoisotopic (exact) mass is 335 g/mol. The zero-order chi connectivity index (χ0) is 14.8. The van der Waals surface area contributed by atoms with E-state index in [1.165, 1.54) is 0 Å². The molecule has 1 aromatic carbocycles. The predicted molar refractivity (Wildman–Crippen MR) is 87.3 cm³/mol. The lowest BCUT2D eigenvalue weighted by Gasteiger charge is -2.06. The predicted octanol–water partition coefficient (Wildman–Crippen LogP) is 4.45. The van der Waals surface area contributed by atoms with Crippen molar-refractivity contribution in [3.63, 3.8) is 0 Å². The van der Waals surface area contributed by atoms with Crippen molar-refractivity contribution in [2.24, 2.45) is 0 Å². The molecular weight excluding hydrogens is 325 g/mol. The fourth-order valence-corrected chi connectivity index (χ4v) is 3.58. The molecule has 2 heterocycles. The molecule has 0 aliphatic carbocycles. The number of hydrogen-bond acceptors (Lipinski definition) is 3. The van der Waals surface area contributed by atoms with Gasteiger partial charge in [-0.15, -0.1) is 22.9 Å². The maximum atomic E-state index is 9.22. The van der Waals surface area contributed by atoms with Gasteiger partial charge >= 0.3 is 0 Å². The van der Waals surface area contributed by atoms with Gasteiger partial charge in [-0.3, -0.25) is 0 Å². The molecular formula is C15H11Cl2N3S. The van der Waals surface area contributed by atoms with Crippen LogP contribution in [0.1, 0.15) is 16.3 Å². The van der Waals surface area contributed by atoms with E-state index in [2.05, 4.69) is 15.6 Å². The first kappa shape index (κ1) is 14.4. The van der Waals surface area contributed by atoms with Crippen molar-refractivity contribution in [1.29, 1.82) is 5.26 Å². The first-order chi connectivity index (χ1) is 10.2. The molecule has 0 amide bonds. The second-order valence-electron chi connectivity index (χ2n) is 4.54. The lowest BCUT2D eigenvalue weighted by atomic mass is 10.2. The number of alkyl halides is 1. The molecule has 0 spiro atoms. The Labute approximate surface area is 136 Å². The van der Waals surface area contributed by atoms with Crippen molar-refractivity contribution in [1.82, 2.24) is 9.55 Å². The zero-order valence-corrected chi connectivity index (χ0v) is 13.3.